The minimum atomic E-state index is -0.0494. The van der Waals surface area contributed by atoms with E-state index < -0.39 is 0 Å². The van der Waals surface area contributed by atoms with E-state index in [4.69, 9.17) is 11.6 Å². The molecule has 3 rings (SSSR count). The number of nitrogens with one attached hydrogen (secondary N) is 1. The van der Waals surface area contributed by atoms with Gasteiger partial charge in [0.2, 0.25) is 0 Å². The average Bonchev–Trinajstić information content (AvgIpc) is 2.99. The van der Waals surface area contributed by atoms with E-state index in [9.17, 15) is 4.79 Å². The Morgan fingerprint density at radius 1 is 1.36 bits per heavy atom. The smallest absolute Gasteiger partial charge is 0.276 e. The van der Waals surface area contributed by atoms with Gasteiger partial charge in [-0.3, -0.25) is 4.79 Å². The summed E-state index contributed by atoms with van der Waals surface area (Å²) in [5, 5.41) is 12.2. The summed E-state index contributed by atoms with van der Waals surface area (Å²) >= 11 is 6.04. The highest BCUT2D eigenvalue weighted by molar-refractivity contribution is 6.30. The molecule has 0 aliphatic carbocycles. The van der Waals surface area contributed by atoms with Gasteiger partial charge in [0, 0.05) is 31.2 Å². The van der Waals surface area contributed by atoms with Crippen molar-refractivity contribution in [2.24, 2.45) is 0 Å². The molecule has 1 amide bonds. The number of carbonyl (C=O) groups excluding carboxylic acids is 1. The van der Waals surface area contributed by atoms with Gasteiger partial charge in [-0.15, -0.1) is 5.10 Å². The zero-order valence-electron chi connectivity index (χ0n) is 12.4. The second-order valence-electron chi connectivity index (χ2n) is 5.17. The highest BCUT2D eigenvalue weighted by Crippen LogP contribution is 2.18. The minimum absolute atomic E-state index is 0.0494. The number of hydrogen-bond acceptors (Lipinski definition) is 4. The van der Waals surface area contributed by atoms with Gasteiger partial charge >= 0.3 is 0 Å². The van der Waals surface area contributed by atoms with Gasteiger partial charge in [0.1, 0.15) is 0 Å². The van der Waals surface area contributed by atoms with Crippen LogP contribution in [0.25, 0.3) is 5.69 Å². The Morgan fingerprint density at radius 3 is 2.82 bits per heavy atom. The summed E-state index contributed by atoms with van der Waals surface area (Å²) in [5.74, 6) is -0.0494. The lowest BCUT2D eigenvalue weighted by atomic mass is 10.2. The van der Waals surface area contributed by atoms with E-state index in [0.29, 0.717) is 30.2 Å². The highest BCUT2D eigenvalue weighted by atomic mass is 35.5. The molecule has 1 aliphatic heterocycles. The van der Waals surface area contributed by atoms with Crippen molar-refractivity contribution >= 4 is 17.5 Å². The lowest BCUT2D eigenvalue weighted by Crippen LogP contribution is -2.46. The van der Waals surface area contributed by atoms with Gasteiger partial charge in [-0.25, -0.2) is 4.68 Å². The number of halogens is 1. The monoisotopic (exact) mass is 319 g/mol. The van der Waals surface area contributed by atoms with Crippen molar-refractivity contribution in [3.63, 3.8) is 0 Å². The topological polar surface area (TPSA) is 63.1 Å². The second-order valence-corrected chi connectivity index (χ2v) is 5.61. The summed E-state index contributed by atoms with van der Waals surface area (Å²) in [6, 6.07) is 7.38. The van der Waals surface area contributed by atoms with Crippen LogP contribution in [0.15, 0.2) is 24.3 Å². The maximum absolute atomic E-state index is 12.6. The lowest BCUT2D eigenvalue weighted by Gasteiger charge is -2.26. The van der Waals surface area contributed by atoms with Crippen LogP contribution in [0.4, 0.5) is 0 Å². The van der Waals surface area contributed by atoms with E-state index in [1.54, 1.807) is 10.7 Å². The maximum atomic E-state index is 12.6. The normalized spacial score (nSPS) is 15.1. The van der Waals surface area contributed by atoms with Crippen LogP contribution in [0.5, 0.6) is 0 Å². The van der Waals surface area contributed by atoms with Gasteiger partial charge in [-0.05, 0) is 24.6 Å². The number of benzene rings is 1. The molecule has 22 heavy (non-hydrogen) atoms. The first-order chi connectivity index (χ1) is 10.7. The largest absolute Gasteiger partial charge is 0.335 e. The molecule has 116 valence electrons. The fourth-order valence-corrected chi connectivity index (χ4v) is 2.80. The standard InChI is InChI=1S/C15H18ClN5O/c1-2-13-14(15(22)20-8-6-17-7-9-20)18-19-21(13)12-5-3-4-11(16)10-12/h3-5,10,17H,2,6-9H2,1H3. The molecule has 7 heteroatoms. The Bertz CT molecular complexity index is 678. The number of hydrogen-bond donors (Lipinski definition) is 1. The van der Waals surface area contributed by atoms with Crippen LogP contribution in [-0.4, -0.2) is 52.0 Å². The van der Waals surface area contributed by atoms with Crippen molar-refractivity contribution in [1.82, 2.24) is 25.2 Å². The summed E-state index contributed by atoms with van der Waals surface area (Å²) in [4.78, 5) is 14.5. The Kier molecular flexibility index (Phi) is 4.40. The number of aromatic nitrogens is 3. The van der Waals surface area contributed by atoms with Gasteiger partial charge in [-0.2, -0.15) is 0 Å². The molecule has 2 heterocycles. The van der Waals surface area contributed by atoms with E-state index in [2.05, 4.69) is 15.6 Å². The first-order valence-corrected chi connectivity index (χ1v) is 7.79. The summed E-state index contributed by atoms with van der Waals surface area (Å²) in [6.07, 6.45) is 0.673. The van der Waals surface area contributed by atoms with Crippen molar-refractivity contribution in [2.75, 3.05) is 26.2 Å². The third kappa shape index (κ3) is 2.84. The molecule has 0 radical (unpaired) electrons. The molecule has 0 atom stereocenters. The second kappa shape index (κ2) is 6.46. The predicted octanol–water partition coefficient (Wildman–Crippen LogP) is 1.53. The fourth-order valence-electron chi connectivity index (χ4n) is 2.62. The molecular formula is C15H18ClN5O. The van der Waals surface area contributed by atoms with Crippen molar-refractivity contribution in [3.05, 3.63) is 40.7 Å². The van der Waals surface area contributed by atoms with Gasteiger partial charge < -0.3 is 10.2 Å². The Hall–Kier alpha value is -1.92. The molecule has 0 bridgehead atoms. The average molecular weight is 320 g/mol. The molecule has 6 nitrogen and oxygen atoms in total. The summed E-state index contributed by atoms with van der Waals surface area (Å²) in [7, 11) is 0. The Morgan fingerprint density at radius 2 is 2.14 bits per heavy atom. The van der Waals surface area contributed by atoms with Gasteiger partial charge in [0.15, 0.2) is 5.69 Å². The minimum Gasteiger partial charge on any atom is -0.335 e. The number of rotatable bonds is 3. The quantitative estimate of drug-likeness (QED) is 0.932. The van der Waals surface area contributed by atoms with Crippen molar-refractivity contribution in [1.29, 1.82) is 0 Å². The van der Waals surface area contributed by atoms with E-state index in [0.717, 1.165) is 24.5 Å². The van der Waals surface area contributed by atoms with Crippen molar-refractivity contribution in [2.45, 2.75) is 13.3 Å². The van der Waals surface area contributed by atoms with Crippen molar-refractivity contribution < 1.29 is 4.79 Å². The van der Waals surface area contributed by atoms with Crippen LogP contribution < -0.4 is 5.32 Å². The SMILES string of the molecule is CCc1c(C(=O)N2CCNCC2)nnn1-c1cccc(Cl)c1. The van der Waals surface area contributed by atoms with Gasteiger partial charge in [-0.1, -0.05) is 29.8 Å². The zero-order valence-corrected chi connectivity index (χ0v) is 13.2. The van der Waals surface area contributed by atoms with E-state index in [1.165, 1.54) is 0 Å². The van der Waals surface area contributed by atoms with Crippen LogP contribution in [0, 0.1) is 0 Å². The molecule has 1 fully saturated rings. The van der Waals surface area contributed by atoms with Gasteiger partial charge in [0.25, 0.3) is 5.91 Å². The van der Waals surface area contributed by atoms with Crippen LogP contribution >= 0.6 is 11.6 Å². The number of carbonyl (C=O) groups is 1. The molecule has 1 aliphatic rings. The van der Waals surface area contributed by atoms with Crippen molar-refractivity contribution in [3.8, 4) is 5.69 Å². The third-order valence-corrected chi connectivity index (χ3v) is 3.99. The number of nitrogens with zero attached hydrogens (tertiary/aromatic N) is 4. The highest BCUT2D eigenvalue weighted by Gasteiger charge is 2.25. The third-order valence-electron chi connectivity index (χ3n) is 3.76. The lowest BCUT2D eigenvalue weighted by molar-refractivity contribution is 0.0728. The number of amides is 1. The van der Waals surface area contributed by atoms with Crippen LogP contribution in [0.1, 0.15) is 23.1 Å². The molecule has 0 spiro atoms. The van der Waals surface area contributed by atoms with E-state index in [1.807, 2.05) is 30.0 Å². The van der Waals surface area contributed by atoms with Gasteiger partial charge in [0.05, 0.1) is 11.4 Å². The first-order valence-electron chi connectivity index (χ1n) is 7.41. The zero-order chi connectivity index (χ0) is 15.5. The molecule has 0 unspecified atom stereocenters. The molecule has 2 aromatic rings. The molecule has 1 saturated heterocycles. The molecule has 0 saturated carbocycles. The van der Waals surface area contributed by atoms with E-state index >= 15 is 0 Å². The molecule has 1 aromatic carbocycles. The van der Waals surface area contributed by atoms with Crippen LogP contribution in [0.3, 0.4) is 0 Å². The van der Waals surface area contributed by atoms with Crippen LogP contribution in [-0.2, 0) is 6.42 Å². The summed E-state index contributed by atoms with van der Waals surface area (Å²) in [5.41, 5.74) is 2.06. The number of piperazine rings is 1. The summed E-state index contributed by atoms with van der Waals surface area (Å²) < 4.78 is 1.70. The molecular weight excluding hydrogens is 302 g/mol. The first kappa shape index (κ1) is 15.0. The van der Waals surface area contributed by atoms with E-state index in [-0.39, 0.29) is 5.91 Å². The summed E-state index contributed by atoms with van der Waals surface area (Å²) in [6.45, 7) is 5.03. The molecule has 1 aromatic heterocycles. The predicted molar refractivity (Wildman–Crippen MR) is 84.5 cm³/mol. The van der Waals surface area contributed by atoms with Crippen LogP contribution in [0.2, 0.25) is 5.02 Å². The molecule has 1 N–H and O–H groups in total. The fraction of sp³-hybridized carbons (Fsp3) is 0.400. The maximum Gasteiger partial charge on any atom is 0.276 e. The Labute approximate surface area is 134 Å². The Balaban J connectivity index is 1.95.